The standard InChI is InChI=1S/C7H9N.C2H2N4/c8-6-7-4-2-1-3-5-7;1-2-4-6-5-3-1/h1-5H,6,8H2;1-2H. The Morgan fingerprint density at radius 1 is 0.929 bits per heavy atom. The Hall–Kier alpha value is -1.88. The molecule has 0 aliphatic carbocycles. The fourth-order valence-corrected chi connectivity index (χ4v) is 0.780. The van der Waals surface area contributed by atoms with Crippen molar-refractivity contribution < 1.29 is 0 Å². The Morgan fingerprint density at radius 3 is 1.79 bits per heavy atom. The summed E-state index contributed by atoms with van der Waals surface area (Å²) in [6, 6.07) is 9.99. The fraction of sp³-hybridized carbons (Fsp3) is 0.111. The highest BCUT2D eigenvalue weighted by molar-refractivity contribution is 5.13. The average molecular weight is 189 g/mol. The maximum Gasteiger partial charge on any atom is 0.0716 e. The van der Waals surface area contributed by atoms with Gasteiger partial charge in [0.2, 0.25) is 0 Å². The number of nitrogens with two attached hydrogens (primary N) is 1. The Labute approximate surface area is 82.0 Å². The maximum atomic E-state index is 5.35. The molecule has 1 aromatic heterocycles. The topological polar surface area (TPSA) is 77.6 Å². The first-order valence-corrected chi connectivity index (χ1v) is 4.12. The Balaban J connectivity index is 0.000000146. The van der Waals surface area contributed by atoms with Crippen LogP contribution in [0.4, 0.5) is 0 Å². The van der Waals surface area contributed by atoms with Gasteiger partial charge >= 0.3 is 0 Å². The molecule has 2 aromatic rings. The summed E-state index contributed by atoms with van der Waals surface area (Å²) in [6.45, 7) is 0.640. The Kier molecular flexibility index (Phi) is 4.82. The summed E-state index contributed by atoms with van der Waals surface area (Å²) >= 11 is 0. The van der Waals surface area contributed by atoms with Crippen LogP contribution in [0.5, 0.6) is 0 Å². The normalized spacial score (nSPS) is 8.64. The van der Waals surface area contributed by atoms with Gasteiger partial charge in [0.05, 0.1) is 12.4 Å². The van der Waals surface area contributed by atoms with E-state index < -0.39 is 0 Å². The zero-order valence-corrected chi connectivity index (χ0v) is 7.61. The van der Waals surface area contributed by atoms with Crippen LogP contribution in [0.25, 0.3) is 0 Å². The van der Waals surface area contributed by atoms with Crippen LogP contribution in [0.15, 0.2) is 42.7 Å². The van der Waals surface area contributed by atoms with E-state index in [0.29, 0.717) is 6.54 Å². The van der Waals surface area contributed by atoms with Gasteiger partial charge in [0.1, 0.15) is 0 Å². The SMILES string of the molecule is NCc1ccccc1.c1cnnnn1. The number of aromatic nitrogens is 4. The summed E-state index contributed by atoms with van der Waals surface area (Å²) in [5.41, 5.74) is 6.54. The van der Waals surface area contributed by atoms with E-state index in [4.69, 9.17) is 5.73 Å². The van der Waals surface area contributed by atoms with E-state index in [1.54, 1.807) is 0 Å². The second-order valence-electron chi connectivity index (χ2n) is 2.40. The second-order valence-corrected chi connectivity index (χ2v) is 2.40. The van der Waals surface area contributed by atoms with Crippen molar-refractivity contribution in [2.75, 3.05) is 0 Å². The van der Waals surface area contributed by atoms with E-state index in [2.05, 4.69) is 20.6 Å². The Morgan fingerprint density at radius 2 is 1.50 bits per heavy atom. The van der Waals surface area contributed by atoms with E-state index in [1.165, 1.54) is 18.0 Å². The number of hydrogen-bond donors (Lipinski definition) is 1. The van der Waals surface area contributed by atoms with Gasteiger partial charge in [0, 0.05) is 6.54 Å². The summed E-state index contributed by atoms with van der Waals surface area (Å²) in [5.74, 6) is 0. The molecular weight excluding hydrogens is 178 g/mol. The predicted octanol–water partition coefficient (Wildman–Crippen LogP) is 0.412. The van der Waals surface area contributed by atoms with Gasteiger partial charge in [0.15, 0.2) is 0 Å². The first-order valence-electron chi connectivity index (χ1n) is 4.12. The van der Waals surface area contributed by atoms with Crippen LogP contribution >= 0.6 is 0 Å². The van der Waals surface area contributed by atoms with Crippen LogP contribution in [0, 0.1) is 0 Å². The van der Waals surface area contributed by atoms with Crippen LogP contribution in [0.3, 0.4) is 0 Å². The lowest BCUT2D eigenvalue weighted by Crippen LogP contribution is -1.94. The van der Waals surface area contributed by atoms with Crippen molar-refractivity contribution in [1.29, 1.82) is 0 Å². The molecule has 2 rings (SSSR count). The molecule has 0 spiro atoms. The molecule has 0 amide bonds. The molecule has 0 bridgehead atoms. The van der Waals surface area contributed by atoms with E-state index in [-0.39, 0.29) is 0 Å². The van der Waals surface area contributed by atoms with Crippen molar-refractivity contribution in [3.63, 3.8) is 0 Å². The highest BCUT2D eigenvalue weighted by atomic mass is 15.4. The number of benzene rings is 1. The molecule has 0 atom stereocenters. The molecule has 5 nitrogen and oxygen atoms in total. The predicted molar refractivity (Wildman–Crippen MR) is 52.0 cm³/mol. The minimum absolute atomic E-state index is 0.640. The van der Waals surface area contributed by atoms with Crippen LogP contribution in [0.2, 0.25) is 0 Å². The monoisotopic (exact) mass is 189 g/mol. The summed E-state index contributed by atoms with van der Waals surface area (Å²) < 4.78 is 0. The minimum Gasteiger partial charge on any atom is -0.326 e. The van der Waals surface area contributed by atoms with Gasteiger partial charge in [-0.1, -0.05) is 30.3 Å². The van der Waals surface area contributed by atoms with Crippen molar-refractivity contribution in [2.45, 2.75) is 6.54 Å². The van der Waals surface area contributed by atoms with Gasteiger partial charge < -0.3 is 5.73 Å². The van der Waals surface area contributed by atoms with E-state index in [0.717, 1.165) is 0 Å². The lowest BCUT2D eigenvalue weighted by atomic mass is 10.2. The molecule has 0 radical (unpaired) electrons. The molecule has 0 aliphatic heterocycles. The number of nitrogens with zero attached hydrogens (tertiary/aromatic N) is 4. The van der Waals surface area contributed by atoms with Crippen LogP contribution in [-0.2, 0) is 6.54 Å². The third-order valence-electron chi connectivity index (χ3n) is 1.42. The van der Waals surface area contributed by atoms with Crippen molar-refractivity contribution >= 4 is 0 Å². The summed E-state index contributed by atoms with van der Waals surface area (Å²) in [6.07, 6.45) is 2.93. The minimum atomic E-state index is 0.640. The molecule has 72 valence electrons. The van der Waals surface area contributed by atoms with Crippen molar-refractivity contribution in [3.05, 3.63) is 48.3 Å². The van der Waals surface area contributed by atoms with Gasteiger partial charge in [0.25, 0.3) is 0 Å². The molecule has 1 heterocycles. The fourth-order valence-electron chi connectivity index (χ4n) is 0.780. The van der Waals surface area contributed by atoms with Crippen LogP contribution in [-0.4, -0.2) is 20.6 Å². The molecule has 2 N–H and O–H groups in total. The zero-order chi connectivity index (χ0) is 10.1. The molecule has 0 saturated heterocycles. The second kappa shape index (κ2) is 6.62. The first-order chi connectivity index (χ1) is 6.93. The van der Waals surface area contributed by atoms with Gasteiger partial charge in [-0.05, 0) is 16.0 Å². The average Bonchev–Trinajstić information content (AvgIpc) is 2.33. The quantitative estimate of drug-likeness (QED) is 0.703. The van der Waals surface area contributed by atoms with Gasteiger partial charge in [-0.3, -0.25) is 0 Å². The smallest absolute Gasteiger partial charge is 0.0716 e. The molecule has 0 aliphatic rings. The van der Waals surface area contributed by atoms with Crippen molar-refractivity contribution in [1.82, 2.24) is 20.6 Å². The van der Waals surface area contributed by atoms with Crippen LogP contribution in [0.1, 0.15) is 5.56 Å². The van der Waals surface area contributed by atoms with Crippen molar-refractivity contribution in [3.8, 4) is 0 Å². The lowest BCUT2D eigenvalue weighted by Gasteiger charge is -1.90. The molecule has 0 unspecified atom stereocenters. The molecule has 0 fully saturated rings. The van der Waals surface area contributed by atoms with Gasteiger partial charge in [-0.2, -0.15) is 0 Å². The first kappa shape index (κ1) is 10.2. The largest absolute Gasteiger partial charge is 0.326 e. The van der Waals surface area contributed by atoms with E-state index in [9.17, 15) is 0 Å². The summed E-state index contributed by atoms with van der Waals surface area (Å²) in [7, 11) is 0. The summed E-state index contributed by atoms with van der Waals surface area (Å²) in [4.78, 5) is 0. The molecule has 14 heavy (non-hydrogen) atoms. The Bertz CT molecular complexity index is 297. The zero-order valence-electron chi connectivity index (χ0n) is 7.61. The van der Waals surface area contributed by atoms with Crippen LogP contribution < -0.4 is 5.73 Å². The highest BCUT2D eigenvalue weighted by Gasteiger charge is 1.80. The summed E-state index contributed by atoms with van der Waals surface area (Å²) in [5, 5.41) is 13.1. The third kappa shape index (κ3) is 4.22. The molecule has 0 saturated carbocycles. The van der Waals surface area contributed by atoms with Crippen molar-refractivity contribution in [2.24, 2.45) is 5.73 Å². The van der Waals surface area contributed by atoms with Gasteiger partial charge in [-0.15, -0.1) is 10.2 Å². The van der Waals surface area contributed by atoms with E-state index in [1.807, 2.05) is 30.3 Å². The third-order valence-corrected chi connectivity index (χ3v) is 1.42. The van der Waals surface area contributed by atoms with E-state index >= 15 is 0 Å². The highest BCUT2D eigenvalue weighted by Crippen LogP contribution is 1.94. The number of rotatable bonds is 1. The lowest BCUT2D eigenvalue weighted by molar-refractivity contribution is 0.761. The molecular formula is C9H11N5. The van der Waals surface area contributed by atoms with Gasteiger partial charge in [-0.25, -0.2) is 0 Å². The molecule has 5 heteroatoms. The number of hydrogen-bond acceptors (Lipinski definition) is 5. The molecule has 1 aromatic carbocycles. The maximum absolute atomic E-state index is 5.35.